The Kier molecular flexibility index (Phi) is 4.37. The Morgan fingerprint density at radius 1 is 1.17 bits per heavy atom. The van der Waals surface area contributed by atoms with Crippen LogP contribution in [0.15, 0.2) is 48.5 Å². The molecule has 0 saturated carbocycles. The van der Waals surface area contributed by atoms with Gasteiger partial charge in [0.25, 0.3) is 0 Å². The van der Waals surface area contributed by atoms with Crippen LogP contribution < -0.4 is 5.32 Å². The zero-order valence-corrected chi connectivity index (χ0v) is 12.9. The molecule has 1 heterocycles. The maximum Gasteiger partial charge on any atom is 0.224 e. The van der Waals surface area contributed by atoms with E-state index in [4.69, 9.17) is 0 Å². The number of para-hydroxylation sites is 2. The summed E-state index contributed by atoms with van der Waals surface area (Å²) in [5.74, 6) is 0.564. The van der Waals surface area contributed by atoms with Crippen LogP contribution in [0, 0.1) is 12.7 Å². The molecule has 0 bridgehead atoms. The summed E-state index contributed by atoms with van der Waals surface area (Å²) in [4.78, 5) is 16.4. The first-order valence-corrected chi connectivity index (χ1v) is 7.56. The second-order valence-electron chi connectivity index (χ2n) is 5.45. The molecular weight excluding hydrogens is 293 g/mol. The van der Waals surface area contributed by atoms with Gasteiger partial charge in [-0.05, 0) is 36.8 Å². The highest BCUT2D eigenvalue weighted by atomic mass is 19.1. The van der Waals surface area contributed by atoms with Crippen LogP contribution in [0.25, 0.3) is 11.0 Å². The summed E-state index contributed by atoms with van der Waals surface area (Å²) in [7, 11) is 0. The fraction of sp³-hybridized carbons (Fsp3) is 0.222. The third-order valence-corrected chi connectivity index (χ3v) is 3.78. The van der Waals surface area contributed by atoms with E-state index in [0.29, 0.717) is 13.1 Å². The molecule has 0 aliphatic heterocycles. The molecule has 3 rings (SSSR count). The van der Waals surface area contributed by atoms with Gasteiger partial charge in [-0.15, -0.1) is 0 Å². The van der Waals surface area contributed by atoms with Gasteiger partial charge in [-0.2, -0.15) is 0 Å². The Morgan fingerprint density at radius 2 is 1.91 bits per heavy atom. The van der Waals surface area contributed by atoms with E-state index < -0.39 is 0 Å². The van der Waals surface area contributed by atoms with Gasteiger partial charge in [-0.1, -0.05) is 24.3 Å². The largest absolute Gasteiger partial charge is 0.354 e. The number of amides is 1. The molecule has 0 atom stereocenters. The number of carbonyl (C=O) groups excluding carboxylic acids is 1. The number of hydrogen-bond donors (Lipinski definition) is 1. The van der Waals surface area contributed by atoms with Gasteiger partial charge in [0.05, 0.1) is 17.5 Å². The molecule has 0 unspecified atom stereocenters. The van der Waals surface area contributed by atoms with Crippen molar-refractivity contribution in [2.75, 3.05) is 6.54 Å². The first kappa shape index (κ1) is 15.2. The van der Waals surface area contributed by atoms with Gasteiger partial charge in [0, 0.05) is 13.1 Å². The van der Waals surface area contributed by atoms with Crippen LogP contribution in [0.3, 0.4) is 0 Å². The number of benzene rings is 2. The van der Waals surface area contributed by atoms with E-state index in [-0.39, 0.29) is 18.1 Å². The lowest BCUT2D eigenvalue weighted by molar-refractivity contribution is -0.120. The molecule has 23 heavy (non-hydrogen) atoms. The number of carbonyl (C=O) groups is 1. The Morgan fingerprint density at radius 3 is 2.70 bits per heavy atom. The highest BCUT2D eigenvalue weighted by molar-refractivity contribution is 5.78. The maximum atomic E-state index is 12.8. The van der Waals surface area contributed by atoms with Gasteiger partial charge in [0.15, 0.2) is 0 Å². The van der Waals surface area contributed by atoms with Crippen LogP contribution in [0.4, 0.5) is 4.39 Å². The van der Waals surface area contributed by atoms with E-state index in [0.717, 1.165) is 22.4 Å². The van der Waals surface area contributed by atoms with Crippen LogP contribution in [0.1, 0.15) is 11.4 Å². The Balaban J connectivity index is 1.57. The number of fused-ring (bicyclic) bond motifs is 1. The zero-order chi connectivity index (χ0) is 16.2. The molecule has 5 heteroatoms. The minimum absolute atomic E-state index is 0.0707. The molecule has 0 saturated heterocycles. The van der Waals surface area contributed by atoms with Gasteiger partial charge in [-0.3, -0.25) is 4.79 Å². The minimum atomic E-state index is -0.295. The van der Waals surface area contributed by atoms with Gasteiger partial charge in [0.1, 0.15) is 11.6 Å². The van der Waals surface area contributed by atoms with Gasteiger partial charge in [-0.25, -0.2) is 9.37 Å². The van der Waals surface area contributed by atoms with Gasteiger partial charge >= 0.3 is 0 Å². The van der Waals surface area contributed by atoms with E-state index in [1.807, 2.05) is 31.2 Å². The summed E-state index contributed by atoms with van der Waals surface area (Å²) in [6.45, 7) is 3.16. The minimum Gasteiger partial charge on any atom is -0.354 e. The second-order valence-corrected chi connectivity index (χ2v) is 5.45. The molecule has 0 aliphatic carbocycles. The molecular formula is C18H18FN3O. The third-order valence-electron chi connectivity index (χ3n) is 3.78. The second kappa shape index (κ2) is 6.60. The van der Waals surface area contributed by atoms with E-state index in [9.17, 15) is 9.18 Å². The molecule has 0 spiro atoms. The van der Waals surface area contributed by atoms with Crippen LogP contribution >= 0.6 is 0 Å². The zero-order valence-electron chi connectivity index (χ0n) is 12.9. The Bertz CT molecular complexity index is 824. The van der Waals surface area contributed by atoms with Crippen molar-refractivity contribution in [3.63, 3.8) is 0 Å². The first-order chi connectivity index (χ1) is 11.1. The fourth-order valence-electron chi connectivity index (χ4n) is 2.64. The standard InChI is InChI=1S/C18H18FN3O/c1-13-21-16-4-2-3-5-17(16)22(13)11-10-20-18(23)12-14-6-8-15(19)9-7-14/h2-9H,10-12H2,1H3,(H,20,23). The molecule has 1 amide bonds. The smallest absolute Gasteiger partial charge is 0.224 e. The predicted octanol–water partition coefficient (Wildman–Crippen LogP) is 2.84. The van der Waals surface area contributed by atoms with E-state index in [2.05, 4.69) is 14.9 Å². The van der Waals surface area contributed by atoms with Gasteiger partial charge in [0.2, 0.25) is 5.91 Å². The summed E-state index contributed by atoms with van der Waals surface area (Å²) < 4.78 is 14.9. The van der Waals surface area contributed by atoms with Crippen molar-refractivity contribution >= 4 is 16.9 Å². The van der Waals surface area contributed by atoms with Crippen molar-refractivity contribution in [2.45, 2.75) is 19.9 Å². The molecule has 3 aromatic rings. The van der Waals surface area contributed by atoms with Crippen LogP contribution in [-0.4, -0.2) is 22.0 Å². The van der Waals surface area contributed by atoms with Crippen molar-refractivity contribution in [3.05, 3.63) is 65.7 Å². The summed E-state index contributed by atoms with van der Waals surface area (Å²) in [5, 5.41) is 2.89. The fourth-order valence-corrected chi connectivity index (χ4v) is 2.64. The SMILES string of the molecule is Cc1nc2ccccc2n1CCNC(=O)Cc1ccc(F)cc1. The average Bonchev–Trinajstić information content (AvgIpc) is 2.86. The predicted molar refractivity (Wildman–Crippen MR) is 87.6 cm³/mol. The Labute approximate surface area is 134 Å². The lowest BCUT2D eigenvalue weighted by Crippen LogP contribution is -2.28. The number of nitrogens with zero attached hydrogens (tertiary/aromatic N) is 2. The molecule has 4 nitrogen and oxygen atoms in total. The van der Waals surface area contributed by atoms with Crippen LogP contribution in [0.2, 0.25) is 0 Å². The average molecular weight is 311 g/mol. The molecule has 1 N–H and O–H groups in total. The van der Waals surface area contributed by atoms with Crippen molar-refractivity contribution < 1.29 is 9.18 Å². The number of aromatic nitrogens is 2. The molecule has 0 radical (unpaired) electrons. The van der Waals surface area contributed by atoms with Crippen LogP contribution in [0.5, 0.6) is 0 Å². The van der Waals surface area contributed by atoms with E-state index in [1.165, 1.54) is 12.1 Å². The number of halogens is 1. The summed E-state index contributed by atoms with van der Waals surface area (Å²) in [6, 6.07) is 13.9. The van der Waals surface area contributed by atoms with Crippen molar-refractivity contribution in [1.29, 1.82) is 0 Å². The summed E-state index contributed by atoms with van der Waals surface area (Å²) in [6.07, 6.45) is 0.254. The van der Waals surface area contributed by atoms with Crippen LogP contribution in [-0.2, 0) is 17.8 Å². The molecule has 118 valence electrons. The highest BCUT2D eigenvalue weighted by Crippen LogP contribution is 2.14. The number of imidazole rings is 1. The molecule has 2 aromatic carbocycles. The molecule has 0 fully saturated rings. The number of aryl methyl sites for hydroxylation is 1. The quantitative estimate of drug-likeness (QED) is 0.787. The van der Waals surface area contributed by atoms with Crippen molar-refractivity contribution in [3.8, 4) is 0 Å². The summed E-state index contributed by atoms with van der Waals surface area (Å²) >= 11 is 0. The lowest BCUT2D eigenvalue weighted by atomic mass is 10.1. The normalized spacial score (nSPS) is 10.9. The number of hydrogen-bond acceptors (Lipinski definition) is 2. The third kappa shape index (κ3) is 3.56. The van der Waals surface area contributed by atoms with E-state index in [1.54, 1.807) is 12.1 Å². The lowest BCUT2D eigenvalue weighted by Gasteiger charge is -2.09. The van der Waals surface area contributed by atoms with Crippen molar-refractivity contribution in [1.82, 2.24) is 14.9 Å². The summed E-state index contributed by atoms with van der Waals surface area (Å²) in [5.41, 5.74) is 2.83. The number of nitrogens with one attached hydrogen (secondary N) is 1. The van der Waals surface area contributed by atoms with E-state index >= 15 is 0 Å². The number of rotatable bonds is 5. The maximum absolute atomic E-state index is 12.8. The van der Waals surface area contributed by atoms with Gasteiger partial charge < -0.3 is 9.88 Å². The topological polar surface area (TPSA) is 46.9 Å². The first-order valence-electron chi connectivity index (χ1n) is 7.56. The molecule has 1 aromatic heterocycles. The van der Waals surface area contributed by atoms with Crippen molar-refractivity contribution in [2.24, 2.45) is 0 Å². The monoisotopic (exact) mass is 311 g/mol. The Hall–Kier alpha value is -2.69. The molecule has 0 aliphatic rings. The highest BCUT2D eigenvalue weighted by Gasteiger charge is 2.07.